The Balaban J connectivity index is 2.34. The first-order valence-corrected chi connectivity index (χ1v) is 6.90. The maximum atomic E-state index is 6.26. The van der Waals surface area contributed by atoms with Crippen LogP contribution in [-0.4, -0.2) is 9.97 Å². The first-order valence-electron chi connectivity index (χ1n) is 5.64. The number of hydrogen-bond acceptors (Lipinski definition) is 3. The highest BCUT2D eigenvalue weighted by Crippen LogP contribution is 2.30. The highest BCUT2D eigenvalue weighted by Gasteiger charge is 2.11. The maximum Gasteiger partial charge on any atom is 0.171 e. The summed E-state index contributed by atoms with van der Waals surface area (Å²) >= 11 is 7.90. The number of rotatable bonds is 1. The minimum Gasteiger partial charge on any atom is -0.227 e. The van der Waals surface area contributed by atoms with Crippen LogP contribution in [0.2, 0.25) is 5.15 Å². The largest absolute Gasteiger partial charge is 0.227 e. The van der Waals surface area contributed by atoms with Crippen LogP contribution in [0.1, 0.15) is 11.1 Å². The number of para-hydroxylation sites is 1. The molecule has 4 heteroatoms. The molecule has 2 nitrogen and oxygen atoms in total. The van der Waals surface area contributed by atoms with Gasteiger partial charge in [-0.05, 0) is 42.5 Å². The van der Waals surface area contributed by atoms with Gasteiger partial charge < -0.3 is 0 Å². The fraction of sp³-hybridized carbons (Fsp3) is 0.143. The second-order valence-electron chi connectivity index (χ2n) is 4.24. The van der Waals surface area contributed by atoms with E-state index in [1.165, 1.54) is 5.56 Å². The molecule has 0 amide bonds. The summed E-state index contributed by atoms with van der Waals surface area (Å²) < 4.78 is 0. The molecule has 3 aromatic rings. The quantitative estimate of drug-likeness (QED) is 0.605. The van der Waals surface area contributed by atoms with E-state index in [1.807, 2.05) is 30.5 Å². The lowest BCUT2D eigenvalue weighted by molar-refractivity contribution is 1.22. The van der Waals surface area contributed by atoms with Crippen molar-refractivity contribution in [1.82, 2.24) is 9.97 Å². The van der Waals surface area contributed by atoms with Gasteiger partial charge >= 0.3 is 0 Å². The second-order valence-corrected chi connectivity index (χ2v) is 5.52. The molecule has 90 valence electrons. The Morgan fingerprint density at radius 1 is 1.06 bits per heavy atom. The lowest BCUT2D eigenvalue weighted by Gasteiger charge is -2.06. The van der Waals surface area contributed by atoms with Gasteiger partial charge in [-0.1, -0.05) is 23.7 Å². The van der Waals surface area contributed by atoms with Crippen LogP contribution in [0, 0.1) is 13.8 Å². The minimum absolute atomic E-state index is 0.520. The first-order chi connectivity index (χ1) is 8.66. The molecule has 0 N–H and O–H groups in total. The molecule has 18 heavy (non-hydrogen) atoms. The van der Waals surface area contributed by atoms with Crippen molar-refractivity contribution in [2.75, 3.05) is 0 Å². The van der Waals surface area contributed by atoms with Crippen LogP contribution in [0.3, 0.4) is 0 Å². The predicted molar refractivity (Wildman–Crippen MR) is 77.3 cm³/mol. The average molecular weight is 275 g/mol. The number of aryl methyl sites for hydroxylation is 2. The molecular formula is C14H11ClN2S. The fourth-order valence-electron chi connectivity index (χ4n) is 1.96. The Hall–Kier alpha value is -1.45. The summed E-state index contributed by atoms with van der Waals surface area (Å²) in [7, 11) is 0. The molecule has 0 saturated heterocycles. The van der Waals surface area contributed by atoms with Crippen LogP contribution in [0.4, 0.5) is 0 Å². The number of thiophene rings is 1. The highest BCUT2D eigenvalue weighted by molar-refractivity contribution is 7.13. The zero-order valence-electron chi connectivity index (χ0n) is 10.1. The van der Waals surface area contributed by atoms with Crippen LogP contribution in [-0.2, 0) is 0 Å². The summed E-state index contributed by atoms with van der Waals surface area (Å²) in [5.41, 5.74) is 3.23. The number of nitrogens with zero attached hydrogens (tertiary/aromatic N) is 2. The first kappa shape index (κ1) is 11.6. The number of halogens is 1. The minimum atomic E-state index is 0.520. The SMILES string of the molecule is Cc1ccsc1-c1nc(Cl)c2cccc(C)c2n1. The topological polar surface area (TPSA) is 25.8 Å². The van der Waals surface area contributed by atoms with E-state index in [2.05, 4.69) is 23.0 Å². The van der Waals surface area contributed by atoms with E-state index in [4.69, 9.17) is 11.6 Å². The summed E-state index contributed by atoms with van der Waals surface area (Å²) in [5.74, 6) is 0.717. The van der Waals surface area contributed by atoms with Crippen LogP contribution in [0.5, 0.6) is 0 Å². The van der Waals surface area contributed by atoms with Gasteiger partial charge in [-0.25, -0.2) is 9.97 Å². The Labute approximate surface area is 114 Å². The number of aromatic nitrogens is 2. The van der Waals surface area contributed by atoms with Crippen molar-refractivity contribution in [3.8, 4) is 10.7 Å². The van der Waals surface area contributed by atoms with Gasteiger partial charge in [-0.2, -0.15) is 0 Å². The summed E-state index contributed by atoms with van der Waals surface area (Å²) in [6.07, 6.45) is 0. The van der Waals surface area contributed by atoms with E-state index in [-0.39, 0.29) is 0 Å². The Morgan fingerprint density at radius 3 is 2.61 bits per heavy atom. The lowest BCUT2D eigenvalue weighted by atomic mass is 10.1. The van der Waals surface area contributed by atoms with Gasteiger partial charge in [0.05, 0.1) is 10.4 Å². The fourth-order valence-corrected chi connectivity index (χ4v) is 3.05. The summed E-state index contributed by atoms with van der Waals surface area (Å²) in [5, 5.41) is 3.48. The van der Waals surface area contributed by atoms with Gasteiger partial charge in [0, 0.05) is 5.39 Å². The summed E-state index contributed by atoms with van der Waals surface area (Å²) in [6.45, 7) is 4.10. The standard InChI is InChI=1S/C14H11ClN2S/c1-8-4-3-5-10-11(8)16-14(17-13(10)15)12-9(2)6-7-18-12/h3-7H,1-2H3. The number of fused-ring (bicyclic) bond motifs is 1. The van der Waals surface area contributed by atoms with Crippen molar-refractivity contribution in [2.24, 2.45) is 0 Å². The molecule has 0 bridgehead atoms. The van der Waals surface area contributed by atoms with Crippen molar-refractivity contribution in [3.05, 3.63) is 45.9 Å². The molecule has 1 aromatic carbocycles. The van der Waals surface area contributed by atoms with E-state index < -0.39 is 0 Å². The Kier molecular flexibility index (Phi) is 2.80. The van der Waals surface area contributed by atoms with Crippen LogP contribution in [0.15, 0.2) is 29.6 Å². The van der Waals surface area contributed by atoms with E-state index in [0.717, 1.165) is 21.3 Å². The molecular weight excluding hydrogens is 264 g/mol. The van der Waals surface area contributed by atoms with Crippen molar-refractivity contribution in [3.63, 3.8) is 0 Å². The monoisotopic (exact) mass is 274 g/mol. The van der Waals surface area contributed by atoms with E-state index >= 15 is 0 Å². The normalized spacial score (nSPS) is 11.1. The molecule has 0 aliphatic heterocycles. The number of hydrogen-bond donors (Lipinski definition) is 0. The van der Waals surface area contributed by atoms with Gasteiger partial charge in [-0.15, -0.1) is 11.3 Å². The Bertz CT molecular complexity index is 734. The van der Waals surface area contributed by atoms with Gasteiger partial charge in [0.2, 0.25) is 0 Å². The predicted octanol–water partition coefficient (Wildman–Crippen LogP) is 4.63. The molecule has 0 aliphatic carbocycles. The van der Waals surface area contributed by atoms with Gasteiger partial charge in [0.25, 0.3) is 0 Å². The zero-order chi connectivity index (χ0) is 12.7. The van der Waals surface area contributed by atoms with E-state index in [0.29, 0.717) is 11.0 Å². The van der Waals surface area contributed by atoms with Gasteiger partial charge in [0.1, 0.15) is 5.15 Å². The lowest BCUT2D eigenvalue weighted by Crippen LogP contribution is -1.93. The summed E-state index contributed by atoms with van der Waals surface area (Å²) in [6, 6.07) is 8.04. The van der Waals surface area contributed by atoms with Gasteiger partial charge in [0.15, 0.2) is 5.82 Å². The highest BCUT2D eigenvalue weighted by atomic mass is 35.5. The molecule has 0 radical (unpaired) electrons. The molecule has 2 aromatic heterocycles. The van der Waals surface area contributed by atoms with Crippen molar-refractivity contribution >= 4 is 33.8 Å². The second kappa shape index (κ2) is 4.34. The number of benzene rings is 1. The molecule has 2 heterocycles. The molecule has 0 spiro atoms. The van der Waals surface area contributed by atoms with Crippen LogP contribution >= 0.6 is 22.9 Å². The molecule has 0 saturated carbocycles. The molecule has 0 atom stereocenters. The van der Waals surface area contributed by atoms with Crippen molar-refractivity contribution < 1.29 is 0 Å². The third kappa shape index (κ3) is 1.80. The molecule has 0 fully saturated rings. The molecule has 3 rings (SSSR count). The average Bonchev–Trinajstić information content (AvgIpc) is 2.77. The van der Waals surface area contributed by atoms with Crippen LogP contribution in [0.25, 0.3) is 21.6 Å². The van der Waals surface area contributed by atoms with Crippen molar-refractivity contribution in [2.45, 2.75) is 13.8 Å². The van der Waals surface area contributed by atoms with Gasteiger partial charge in [-0.3, -0.25) is 0 Å². The maximum absolute atomic E-state index is 6.26. The third-order valence-corrected chi connectivity index (χ3v) is 4.25. The third-order valence-electron chi connectivity index (χ3n) is 2.95. The molecule has 0 aliphatic rings. The Morgan fingerprint density at radius 2 is 1.89 bits per heavy atom. The summed E-state index contributed by atoms with van der Waals surface area (Å²) in [4.78, 5) is 10.1. The smallest absolute Gasteiger partial charge is 0.171 e. The van der Waals surface area contributed by atoms with Crippen molar-refractivity contribution in [1.29, 1.82) is 0 Å². The van der Waals surface area contributed by atoms with E-state index in [1.54, 1.807) is 11.3 Å². The van der Waals surface area contributed by atoms with Crippen LogP contribution < -0.4 is 0 Å². The van der Waals surface area contributed by atoms with E-state index in [9.17, 15) is 0 Å². The zero-order valence-corrected chi connectivity index (χ0v) is 11.6. The molecule has 0 unspecified atom stereocenters.